The van der Waals surface area contributed by atoms with Gasteiger partial charge in [0, 0.05) is 31.1 Å². The number of hydrogen-bond acceptors (Lipinski definition) is 5. The fourth-order valence-electron chi connectivity index (χ4n) is 3.57. The van der Waals surface area contributed by atoms with Gasteiger partial charge < -0.3 is 10.4 Å². The van der Waals surface area contributed by atoms with Gasteiger partial charge in [0.2, 0.25) is 0 Å². The van der Waals surface area contributed by atoms with E-state index < -0.39 is 23.4 Å². The minimum Gasteiger partial charge on any atom is -0.384 e. The van der Waals surface area contributed by atoms with Crippen molar-refractivity contribution in [2.24, 2.45) is 7.05 Å². The minimum absolute atomic E-state index is 0.169. The summed E-state index contributed by atoms with van der Waals surface area (Å²) in [6, 6.07) is 3.84. The first kappa shape index (κ1) is 21.0. The molecule has 1 aliphatic rings. The van der Waals surface area contributed by atoms with E-state index in [1.54, 1.807) is 43.1 Å². The molecule has 3 aromatic heterocycles. The van der Waals surface area contributed by atoms with E-state index in [1.807, 2.05) is 0 Å². The zero-order chi connectivity index (χ0) is 22.6. The van der Waals surface area contributed by atoms with Gasteiger partial charge >= 0.3 is 6.18 Å². The summed E-state index contributed by atoms with van der Waals surface area (Å²) >= 11 is 0. The molecule has 3 aromatic rings. The summed E-state index contributed by atoms with van der Waals surface area (Å²) in [5.41, 5.74) is 0.398. The summed E-state index contributed by atoms with van der Waals surface area (Å²) in [6.07, 6.45) is -0.0453. The van der Waals surface area contributed by atoms with Crippen LogP contribution in [0.4, 0.5) is 13.2 Å². The highest BCUT2D eigenvalue weighted by molar-refractivity contribution is 5.93. The van der Waals surface area contributed by atoms with Crippen molar-refractivity contribution in [2.45, 2.75) is 44.5 Å². The number of pyridine rings is 1. The number of nitrogens with zero attached hydrogens (tertiary/aromatic N) is 5. The molecule has 31 heavy (non-hydrogen) atoms. The zero-order valence-electron chi connectivity index (χ0n) is 17.1. The van der Waals surface area contributed by atoms with E-state index in [4.69, 9.17) is 0 Å². The van der Waals surface area contributed by atoms with E-state index in [0.717, 1.165) is 22.0 Å². The molecule has 0 fully saturated rings. The second kappa shape index (κ2) is 7.19. The first-order chi connectivity index (χ1) is 14.4. The van der Waals surface area contributed by atoms with Crippen LogP contribution in [-0.2, 0) is 25.2 Å². The van der Waals surface area contributed by atoms with Gasteiger partial charge in [0.05, 0.1) is 23.1 Å². The summed E-state index contributed by atoms with van der Waals surface area (Å²) in [7, 11) is 1.30. The Hall–Kier alpha value is -3.21. The number of carbonyl (C=O) groups is 1. The number of aryl methyl sites for hydroxylation is 2. The fraction of sp³-hybridized carbons (Fsp3) is 0.400. The maximum atomic E-state index is 12.9. The summed E-state index contributed by atoms with van der Waals surface area (Å²) in [4.78, 5) is 16.8. The quantitative estimate of drug-likeness (QED) is 0.658. The maximum Gasteiger partial charge on any atom is 0.435 e. The fourth-order valence-corrected chi connectivity index (χ4v) is 3.57. The Labute approximate surface area is 175 Å². The molecule has 0 radical (unpaired) electrons. The molecular formula is C20H21F3N6O2. The van der Waals surface area contributed by atoms with Crippen molar-refractivity contribution in [1.82, 2.24) is 29.9 Å². The number of alkyl halides is 3. The normalized spacial score (nSPS) is 16.4. The lowest BCUT2D eigenvalue weighted by Gasteiger charge is -2.17. The van der Waals surface area contributed by atoms with Gasteiger partial charge in [-0.3, -0.25) is 14.5 Å². The monoisotopic (exact) mass is 434 g/mol. The van der Waals surface area contributed by atoms with Gasteiger partial charge in [-0.2, -0.15) is 23.4 Å². The largest absolute Gasteiger partial charge is 0.435 e. The Morgan fingerprint density at radius 2 is 1.97 bits per heavy atom. The van der Waals surface area contributed by atoms with E-state index in [2.05, 4.69) is 20.5 Å². The SMILES string of the molecule is Cn1nc(C(F)(F)F)cc1C(=O)NC1CCc2nn(-c3ccnc(C(C)(C)O)c3)cc21. The first-order valence-electron chi connectivity index (χ1n) is 9.63. The van der Waals surface area contributed by atoms with Crippen LogP contribution in [0.1, 0.15) is 59.4 Å². The third-order valence-corrected chi connectivity index (χ3v) is 5.21. The van der Waals surface area contributed by atoms with Crippen LogP contribution in [0.3, 0.4) is 0 Å². The van der Waals surface area contributed by atoms with Crippen molar-refractivity contribution < 1.29 is 23.1 Å². The molecule has 1 aliphatic carbocycles. The van der Waals surface area contributed by atoms with E-state index >= 15 is 0 Å². The van der Waals surface area contributed by atoms with Gasteiger partial charge in [-0.15, -0.1) is 0 Å². The lowest BCUT2D eigenvalue weighted by atomic mass is 10.0. The molecule has 0 saturated carbocycles. The second-order valence-electron chi connectivity index (χ2n) is 8.03. The summed E-state index contributed by atoms with van der Waals surface area (Å²) < 4.78 is 41.2. The van der Waals surface area contributed by atoms with Crippen LogP contribution >= 0.6 is 0 Å². The second-order valence-corrected chi connectivity index (χ2v) is 8.03. The number of fused-ring (bicyclic) bond motifs is 1. The zero-order valence-corrected chi connectivity index (χ0v) is 17.1. The van der Waals surface area contributed by atoms with Crippen LogP contribution in [0, 0.1) is 0 Å². The molecular weight excluding hydrogens is 413 g/mol. The molecule has 8 nitrogen and oxygen atoms in total. The first-order valence-corrected chi connectivity index (χ1v) is 9.63. The highest BCUT2D eigenvalue weighted by Gasteiger charge is 2.36. The summed E-state index contributed by atoms with van der Waals surface area (Å²) in [6.45, 7) is 3.27. The van der Waals surface area contributed by atoms with E-state index in [1.165, 1.54) is 7.05 Å². The molecule has 2 N–H and O–H groups in total. The van der Waals surface area contributed by atoms with Gasteiger partial charge in [-0.1, -0.05) is 0 Å². The topological polar surface area (TPSA) is 97.9 Å². The van der Waals surface area contributed by atoms with Crippen molar-refractivity contribution in [3.05, 3.63) is 58.9 Å². The van der Waals surface area contributed by atoms with Crippen molar-refractivity contribution in [3.63, 3.8) is 0 Å². The van der Waals surface area contributed by atoms with Crippen molar-refractivity contribution in [1.29, 1.82) is 0 Å². The van der Waals surface area contributed by atoms with Gasteiger partial charge in [-0.25, -0.2) is 4.68 Å². The maximum absolute atomic E-state index is 12.9. The van der Waals surface area contributed by atoms with Crippen LogP contribution in [0.2, 0.25) is 0 Å². The molecule has 4 rings (SSSR count). The summed E-state index contributed by atoms with van der Waals surface area (Å²) in [5.74, 6) is -0.635. The standard InChI is InChI=1S/C20H21F3N6O2/c1-19(2,31)16-8-11(6-7-24-16)29-10-12-13(4-5-14(12)26-29)25-18(30)15-9-17(20(21,22)23)27-28(15)3/h6-10,13,31H,4-5H2,1-3H3,(H,25,30). The Bertz CT molecular complexity index is 1140. The highest BCUT2D eigenvalue weighted by Crippen LogP contribution is 2.32. The average Bonchev–Trinajstić information content (AvgIpc) is 3.36. The van der Waals surface area contributed by atoms with Gasteiger partial charge in [-0.05, 0) is 38.8 Å². The van der Waals surface area contributed by atoms with Gasteiger partial charge in [0.25, 0.3) is 5.91 Å². The lowest BCUT2D eigenvalue weighted by molar-refractivity contribution is -0.141. The van der Waals surface area contributed by atoms with Crippen molar-refractivity contribution in [3.8, 4) is 5.69 Å². The van der Waals surface area contributed by atoms with E-state index in [0.29, 0.717) is 24.2 Å². The molecule has 164 valence electrons. The van der Waals surface area contributed by atoms with Crippen LogP contribution in [0.15, 0.2) is 30.6 Å². The van der Waals surface area contributed by atoms with Gasteiger partial charge in [0.1, 0.15) is 11.3 Å². The molecule has 11 heteroatoms. The predicted molar refractivity (Wildman–Crippen MR) is 103 cm³/mol. The number of aliphatic hydroxyl groups is 1. The number of halogens is 3. The lowest BCUT2D eigenvalue weighted by Crippen LogP contribution is -2.28. The molecule has 1 amide bonds. The number of aromatic nitrogens is 5. The van der Waals surface area contributed by atoms with Crippen LogP contribution in [0.5, 0.6) is 0 Å². The Balaban J connectivity index is 1.56. The van der Waals surface area contributed by atoms with Crippen LogP contribution in [0.25, 0.3) is 5.69 Å². The third kappa shape index (κ3) is 4.05. The third-order valence-electron chi connectivity index (χ3n) is 5.21. The van der Waals surface area contributed by atoms with Gasteiger partial charge in [0.15, 0.2) is 5.69 Å². The number of hydrogen-bond donors (Lipinski definition) is 2. The minimum atomic E-state index is -4.62. The Kier molecular flexibility index (Phi) is 4.88. The molecule has 0 saturated heterocycles. The Morgan fingerprint density at radius 3 is 2.61 bits per heavy atom. The number of rotatable bonds is 4. The molecule has 0 spiro atoms. The number of carbonyl (C=O) groups excluding carboxylic acids is 1. The number of nitrogens with one attached hydrogen (secondary N) is 1. The molecule has 1 atom stereocenters. The smallest absolute Gasteiger partial charge is 0.384 e. The van der Waals surface area contributed by atoms with Crippen molar-refractivity contribution >= 4 is 5.91 Å². The molecule has 0 aliphatic heterocycles. The van der Waals surface area contributed by atoms with Crippen molar-refractivity contribution in [2.75, 3.05) is 0 Å². The molecule has 0 aromatic carbocycles. The molecule has 0 bridgehead atoms. The average molecular weight is 434 g/mol. The highest BCUT2D eigenvalue weighted by atomic mass is 19.4. The van der Waals surface area contributed by atoms with Crippen LogP contribution < -0.4 is 5.32 Å². The number of amides is 1. The molecule has 1 unspecified atom stereocenters. The Morgan fingerprint density at radius 1 is 1.23 bits per heavy atom. The molecule has 3 heterocycles. The van der Waals surface area contributed by atoms with E-state index in [9.17, 15) is 23.1 Å². The van der Waals surface area contributed by atoms with Crippen LogP contribution in [-0.4, -0.2) is 35.6 Å². The van der Waals surface area contributed by atoms with E-state index in [-0.39, 0.29) is 11.7 Å². The predicted octanol–water partition coefficient (Wildman–Crippen LogP) is 2.66. The summed E-state index contributed by atoms with van der Waals surface area (Å²) in [5, 5.41) is 20.9.